The predicted octanol–water partition coefficient (Wildman–Crippen LogP) is 1.94. The molecular weight excluding hydrogens is 212 g/mol. The molecule has 1 aromatic carbocycles. The van der Waals surface area contributed by atoms with Crippen molar-refractivity contribution in [3.63, 3.8) is 0 Å². The average Bonchev–Trinajstić information content (AvgIpc) is 3.14. The molecule has 3 heteroatoms. The fraction of sp³-hybridized carbons (Fsp3) is 0.571. The Balaban J connectivity index is 1.88. The molecule has 2 N–H and O–H groups in total. The van der Waals surface area contributed by atoms with Gasteiger partial charge < -0.3 is 4.74 Å². The molecular formula is C14H22N2O. The highest BCUT2D eigenvalue weighted by atomic mass is 16.5. The Kier molecular flexibility index (Phi) is 4.54. The van der Waals surface area contributed by atoms with E-state index in [0.29, 0.717) is 6.04 Å². The smallest absolute Gasteiger partial charge is 0.0502 e. The van der Waals surface area contributed by atoms with E-state index in [1.807, 2.05) is 0 Å². The second-order valence-corrected chi connectivity index (χ2v) is 4.78. The normalized spacial score (nSPS) is 15.2. The molecule has 94 valence electrons. The van der Waals surface area contributed by atoms with E-state index >= 15 is 0 Å². The van der Waals surface area contributed by atoms with Crippen molar-refractivity contribution < 1.29 is 4.74 Å². The molecule has 0 radical (unpaired) electrons. The van der Waals surface area contributed by atoms with E-state index in [1.54, 1.807) is 7.11 Å². The van der Waals surface area contributed by atoms with E-state index in [9.17, 15) is 0 Å². The molecule has 1 aliphatic carbocycles. The highest BCUT2D eigenvalue weighted by Gasteiger charge is 2.19. The topological polar surface area (TPSA) is 33.3 Å². The summed E-state index contributed by atoms with van der Waals surface area (Å²) in [4.78, 5) is 0. The number of hydrogen-bond acceptors (Lipinski definition) is 3. The highest BCUT2D eigenvalue weighted by Crippen LogP contribution is 2.18. The maximum atomic E-state index is 5.11. The Morgan fingerprint density at radius 2 is 2.18 bits per heavy atom. The molecule has 0 amide bonds. The van der Waals surface area contributed by atoms with Crippen molar-refractivity contribution >= 4 is 0 Å². The van der Waals surface area contributed by atoms with Crippen molar-refractivity contribution in [3.05, 3.63) is 34.9 Å². The van der Waals surface area contributed by atoms with Crippen LogP contribution < -0.4 is 10.9 Å². The molecule has 0 heterocycles. The zero-order valence-corrected chi connectivity index (χ0v) is 10.8. The van der Waals surface area contributed by atoms with E-state index in [2.05, 4.69) is 36.0 Å². The van der Waals surface area contributed by atoms with Crippen LogP contribution in [-0.2, 0) is 17.7 Å². The van der Waals surface area contributed by atoms with Crippen molar-refractivity contribution in [1.82, 2.24) is 10.9 Å². The zero-order chi connectivity index (χ0) is 12.1. The number of aryl methyl sites for hydroxylation is 1. The minimum Gasteiger partial charge on any atom is -0.384 e. The molecule has 0 atom stereocenters. The van der Waals surface area contributed by atoms with Gasteiger partial charge in [0.15, 0.2) is 0 Å². The maximum absolute atomic E-state index is 5.11. The van der Waals surface area contributed by atoms with E-state index in [1.165, 1.54) is 29.5 Å². The first-order chi connectivity index (χ1) is 8.29. The standard InChI is InChI=1S/C14H22N2O/c1-11-3-4-12(7-8-17-2)9-13(11)10-15-16-14-5-6-14/h3-4,9,14-16H,5-8,10H2,1-2H3. The third-order valence-corrected chi connectivity index (χ3v) is 3.17. The third kappa shape index (κ3) is 4.11. The van der Waals surface area contributed by atoms with Crippen molar-refractivity contribution in [3.8, 4) is 0 Å². The summed E-state index contributed by atoms with van der Waals surface area (Å²) < 4.78 is 5.11. The summed E-state index contributed by atoms with van der Waals surface area (Å²) in [6.07, 6.45) is 3.60. The summed E-state index contributed by atoms with van der Waals surface area (Å²) in [7, 11) is 1.75. The molecule has 0 spiro atoms. The van der Waals surface area contributed by atoms with Crippen LogP contribution in [0.3, 0.4) is 0 Å². The summed E-state index contributed by atoms with van der Waals surface area (Å²) in [5.41, 5.74) is 10.7. The molecule has 0 aromatic heterocycles. The Morgan fingerprint density at radius 1 is 1.35 bits per heavy atom. The fourth-order valence-electron chi connectivity index (χ4n) is 1.81. The summed E-state index contributed by atoms with van der Waals surface area (Å²) in [6, 6.07) is 7.35. The van der Waals surface area contributed by atoms with Gasteiger partial charge in [-0.3, -0.25) is 10.9 Å². The lowest BCUT2D eigenvalue weighted by Gasteiger charge is -2.10. The molecule has 3 nitrogen and oxygen atoms in total. The van der Waals surface area contributed by atoms with Gasteiger partial charge in [-0.2, -0.15) is 0 Å². The molecule has 0 unspecified atom stereocenters. The number of ether oxygens (including phenoxy) is 1. The molecule has 0 aliphatic heterocycles. The first-order valence-electron chi connectivity index (χ1n) is 6.35. The number of benzene rings is 1. The van der Waals surface area contributed by atoms with Crippen LogP contribution in [0.15, 0.2) is 18.2 Å². The van der Waals surface area contributed by atoms with E-state index in [4.69, 9.17) is 4.74 Å². The first-order valence-corrected chi connectivity index (χ1v) is 6.35. The Bertz CT molecular complexity index is 361. The molecule has 17 heavy (non-hydrogen) atoms. The Hall–Kier alpha value is -0.900. The quantitative estimate of drug-likeness (QED) is 0.707. The summed E-state index contributed by atoms with van der Waals surface area (Å²) in [5, 5.41) is 0. The lowest BCUT2D eigenvalue weighted by molar-refractivity contribution is 0.202. The summed E-state index contributed by atoms with van der Waals surface area (Å²) in [6.45, 7) is 3.84. The largest absolute Gasteiger partial charge is 0.384 e. The average molecular weight is 234 g/mol. The van der Waals surface area contributed by atoms with Crippen LogP contribution in [0, 0.1) is 6.92 Å². The minimum atomic E-state index is 0.701. The predicted molar refractivity (Wildman–Crippen MR) is 69.8 cm³/mol. The highest BCUT2D eigenvalue weighted by molar-refractivity contribution is 5.31. The number of hydrazine groups is 1. The van der Waals surface area contributed by atoms with Gasteiger partial charge in [0, 0.05) is 19.7 Å². The molecule has 1 aromatic rings. The number of nitrogens with one attached hydrogen (secondary N) is 2. The van der Waals surface area contributed by atoms with Gasteiger partial charge in [-0.1, -0.05) is 18.2 Å². The summed E-state index contributed by atoms with van der Waals surface area (Å²) in [5.74, 6) is 0. The molecule has 0 saturated heterocycles. The minimum absolute atomic E-state index is 0.701. The van der Waals surface area contributed by atoms with E-state index in [0.717, 1.165) is 19.6 Å². The lowest BCUT2D eigenvalue weighted by atomic mass is 10.0. The van der Waals surface area contributed by atoms with Crippen LogP contribution in [0.4, 0.5) is 0 Å². The van der Waals surface area contributed by atoms with Crippen LogP contribution in [0.1, 0.15) is 29.5 Å². The van der Waals surface area contributed by atoms with Gasteiger partial charge in [-0.15, -0.1) is 0 Å². The van der Waals surface area contributed by atoms with Gasteiger partial charge in [-0.05, 0) is 42.9 Å². The molecule has 1 saturated carbocycles. The summed E-state index contributed by atoms with van der Waals surface area (Å²) >= 11 is 0. The van der Waals surface area contributed by atoms with Gasteiger partial charge >= 0.3 is 0 Å². The Morgan fingerprint density at radius 3 is 2.88 bits per heavy atom. The second kappa shape index (κ2) is 6.15. The van der Waals surface area contributed by atoms with Crippen LogP contribution in [-0.4, -0.2) is 19.8 Å². The number of hydrogen-bond donors (Lipinski definition) is 2. The van der Waals surface area contributed by atoms with Crippen LogP contribution in [0.2, 0.25) is 0 Å². The van der Waals surface area contributed by atoms with Crippen molar-refractivity contribution in [2.24, 2.45) is 0 Å². The van der Waals surface area contributed by atoms with Crippen LogP contribution in [0.25, 0.3) is 0 Å². The van der Waals surface area contributed by atoms with Gasteiger partial charge in [-0.25, -0.2) is 0 Å². The van der Waals surface area contributed by atoms with E-state index in [-0.39, 0.29) is 0 Å². The lowest BCUT2D eigenvalue weighted by Crippen LogP contribution is -2.33. The molecule has 0 bridgehead atoms. The Labute approximate surface area is 104 Å². The number of rotatable bonds is 7. The van der Waals surface area contributed by atoms with Gasteiger partial charge in [0.25, 0.3) is 0 Å². The SMILES string of the molecule is COCCc1ccc(C)c(CNNC2CC2)c1. The van der Waals surface area contributed by atoms with Crippen molar-refractivity contribution in [2.45, 2.75) is 38.8 Å². The molecule has 1 fully saturated rings. The van der Waals surface area contributed by atoms with Crippen molar-refractivity contribution in [1.29, 1.82) is 0 Å². The second-order valence-electron chi connectivity index (χ2n) is 4.78. The van der Waals surface area contributed by atoms with Gasteiger partial charge in [0.1, 0.15) is 0 Å². The van der Waals surface area contributed by atoms with Crippen molar-refractivity contribution in [2.75, 3.05) is 13.7 Å². The molecule has 2 rings (SSSR count). The molecule has 1 aliphatic rings. The van der Waals surface area contributed by atoms with Gasteiger partial charge in [0.05, 0.1) is 6.61 Å². The first kappa shape index (κ1) is 12.6. The fourth-order valence-corrected chi connectivity index (χ4v) is 1.81. The third-order valence-electron chi connectivity index (χ3n) is 3.17. The van der Waals surface area contributed by atoms with Crippen LogP contribution in [0.5, 0.6) is 0 Å². The monoisotopic (exact) mass is 234 g/mol. The van der Waals surface area contributed by atoms with E-state index < -0.39 is 0 Å². The zero-order valence-electron chi connectivity index (χ0n) is 10.8. The van der Waals surface area contributed by atoms with Gasteiger partial charge in [0.2, 0.25) is 0 Å². The maximum Gasteiger partial charge on any atom is 0.0502 e. The number of methoxy groups -OCH3 is 1. The van der Waals surface area contributed by atoms with Crippen LogP contribution >= 0.6 is 0 Å².